The topological polar surface area (TPSA) is 99.0 Å². The summed E-state index contributed by atoms with van der Waals surface area (Å²) < 4.78 is 11.6. The lowest BCUT2D eigenvalue weighted by molar-refractivity contribution is -0.385. The molecule has 0 aromatic heterocycles. The summed E-state index contributed by atoms with van der Waals surface area (Å²) in [6.07, 6.45) is 1.54. The quantitative estimate of drug-likeness (QED) is 0.180. The number of carbonyl (C=O) groups excluding carboxylic acids is 2. The SMILES string of the molecule is CCOc1cc(/C=C2/SC(=O)N(Cc3ccccc3[N+](=O)[O-])C2=O)cc(Cl)c1OCc1ccccc1. The van der Waals surface area contributed by atoms with Crippen molar-refractivity contribution in [1.82, 2.24) is 4.90 Å². The number of carbonyl (C=O) groups is 2. The van der Waals surface area contributed by atoms with Gasteiger partial charge < -0.3 is 9.47 Å². The largest absolute Gasteiger partial charge is 0.490 e. The smallest absolute Gasteiger partial charge is 0.293 e. The van der Waals surface area contributed by atoms with Crippen molar-refractivity contribution in [2.24, 2.45) is 0 Å². The first-order chi connectivity index (χ1) is 17.4. The molecular weight excluding hydrogens is 504 g/mol. The number of ether oxygens (including phenoxy) is 2. The standard InChI is InChI=1S/C26H21ClN2O6S/c1-2-34-22-13-18(12-20(27)24(22)35-16-17-8-4-3-5-9-17)14-23-25(30)28(26(31)36-23)15-19-10-6-7-11-21(19)29(32)33/h3-14H,2,15-16H2,1H3/b23-14+. The van der Waals surface area contributed by atoms with Gasteiger partial charge in [-0.25, -0.2) is 0 Å². The summed E-state index contributed by atoms with van der Waals surface area (Å²) in [6.45, 7) is 2.30. The molecule has 0 saturated carbocycles. The van der Waals surface area contributed by atoms with Crippen molar-refractivity contribution in [3.8, 4) is 11.5 Å². The minimum Gasteiger partial charge on any atom is -0.490 e. The van der Waals surface area contributed by atoms with Gasteiger partial charge in [0.2, 0.25) is 0 Å². The molecule has 0 bridgehead atoms. The summed E-state index contributed by atoms with van der Waals surface area (Å²) in [5, 5.41) is 11.1. The molecule has 3 aromatic carbocycles. The van der Waals surface area contributed by atoms with Crippen LogP contribution in [0.4, 0.5) is 10.5 Å². The van der Waals surface area contributed by atoms with E-state index in [1.165, 1.54) is 18.2 Å². The zero-order valence-electron chi connectivity index (χ0n) is 19.2. The van der Waals surface area contributed by atoms with Gasteiger partial charge in [0.1, 0.15) is 6.61 Å². The van der Waals surface area contributed by atoms with Gasteiger partial charge in [-0.2, -0.15) is 0 Å². The van der Waals surface area contributed by atoms with Gasteiger partial charge in [0.05, 0.1) is 28.0 Å². The van der Waals surface area contributed by atoms with Gasteiger partial charge in [0, 0.05) is 11.6 Å². The van der Waals surface area contributed by atoms with Gasteiger partial charge in [-0.1, -0.05) is 60.1 Å². The summed E-state index contributed by atoms with van der Waals surface area (Å²) in [4.78, 5) is 37.5. The average molecular weight is 525 g/mol. The number of benzene rings is 3. The Balaban J connectivity index is 1.57. The number of para-hydroxylation sites is 1. The first kappa shape index (κ1) is 25.3. The molecule has 4 rings (SSSR count). The van der Waals surface area contributed by atoms with E-state index >= 15 is 0 Å². The summed E-state index contributed by atoms with van der Waals surface area (Å²) in [7, 11) is 0. The Morgan fingerprint density at radius 2 is 1.78 bits per heavy atom. The van der Waals surface area contributed by atoms with Crippen LogP contribution in [-0.2, 0) is 17.9 Å². The van der Waals surface area contributed by atoms with Crippen molar-refractivity contribution in [1.29, 1.82) is 0 Å². The average Bonchev–Trinajstić information content (AvgIpc) is 3.12. The molecule has 8 nitrogen and oxygen atoms in total. The molecule has 3 aromatic rings. The molecule has 0 radical (unpaired) electrons. The minimum absolute atomic E-state index is 0.153. The molecule has 1 saturated heterocycles. The van der Waals surface area contributed by atoms with E-state index in [1.54, 1.807) is 24.3 Å². The maximum Gasteiger partial charge on any atom is 0.293 e. The van der Waals surface area contributed by atoms with Gasteiger partial charge in [0.25, 0.3) is 16.8 Å². The van der Waals surface area contributed by atoms with E-state index in [1.807, 2.05) is 37.3 Å². The van der Waals surface area contributed by atoms with Crippen LogP contribution in [0.3, 0.4) is 0 Å². The van der Waals surface area contributed by atoms with Crippen molar-refractivity contribution >= 4 is 46.3 Å². The van der Waals surface area contributed by atoms with Crippen LogP contribution in [0.25, 0.3) is 6.08 Å². The number of halogens is 1. The molecule has 0 spiro atoms. The Hall–Kier alpha value is -3.82. The van der Waals surface area contributed by atoms with Crippen molar-refractivity contribution in [3.63, 3.8) is 0 Å². The summed E-state index contributed by atoms with van der Waals surface area (Å²) >= 11 is 7.26. The Morgan fingerprint density at radius 1 is 1.06 bits per heavy atom. The second kappa shape index (κ2) is 11.3. The molecule has 10 heteroatoms. The molecule has 2 amide bonds. The van der Waals surface area contributed by atoms with E-state index in [4.69, 9.17) is 21.1 Å². The molecule has 1 heterocycles. The monoisotopic (exact) mass is 524 g/mol. The molecule has 0 N–H and O–H groups in total. The number of rotatable bonds is 9. The number of amides is 2. The molecular formula is C26H21ClN2O6S. The molecule has 184 valence electrons. The van der Waals surface area contributed by atoms with Crippen LogP contribution in [-0.4, -0.2) is 27.6 Å². The fourth-order valence-corrected chi connectivity index (χ4v) is 4.70. The fraction of sp³-hybridized carbons (Fsp3) is 0.154. The molecule has 1 fully saturated rings. The van der Waals surface area contributed by atoms with Crippen molar-refractivity contribution in [2.75, 3.05) is 6.61 Å². The predicted octanol–water partition coefficient (Wildman–Crippen LogP) is 6.46. The normalized spacial score (nSPS) is 14.4. The molecule has 1 aliphatic rings. The number of hydrogen-bond acceptors (Lipinski definition) is 7. The van der Waals surface area contributed by atoms with E-state index in [0.29, 0.717) is 35.3 Å². The first-order valence-electron chi connectivity index (χ1n) is 11.0. The zero-order valence-corrected chi connectivity index (χ0v) is 20.8. The third kappa shape index (κ3) is 5.69. The highest BCUT2D eigenvalue weighted by Gasteiger charge is 2.36. The number of nitrogens with zero attached hydrogens (tertiary/aromatic N) is 2. The number of imide groups is 1. The Kier molecular flexibility index (Phi) is 7.92. The maximum atomic E-state index is 13.0. The molecule has 36 heavy (non-hydrogen) atoms. The van der Waals surface area contributed by atoms with Crippen LogP contribution >= 0.6 is 23.4 Å². The second-order valence-corrected chi connectivity index (χ2v) is 9.09. The fourth-order valence-electron chi connectivity index (χ4n) is 3.58. The lowest BCUT2D eigenvalue weighted by Crippen LogP contribution is -2.27. The molecule has 0 aliphatic carbocycles. The van der Waals surface area contributed by atoms with E-state index in [9.17, 15) is 19.7 Å². The number of nitro benzene ring substituents is 1. The van der Waals surface area contributed by atoms with Crippen LogP contribution in [0, 0.1) is 10.1 Å². The van der Waals surface area contributed by atoms with Gasteiger partial charge in [-0.05, 0) is 48.0 Å². The highest BCUT2D eigenvalue weighted by molar-refractivity contribution is 8.18. The van der Waals surface area contributed by atoms with Crippen LogP contribution < -0.4 is 9.47 Å². The zero-order chi connectivity index (χ0) is 25.7. The summed E-state index contributed by atoms with van der Waals surface area (Å²) in [5.74, 6) is 0.247. The van der Waals surface area contributed by atoms with Crippen molar-refractivity contribution < 1.29 is 24.0 Å². The van der Waals surface area contributed by atoms with E-state index in [-0.39, 0.29) is 22.7 Å². The van der Waals surface area contributed by atoms with E-state index in [2.05, 4.69) is 0 Å². The van der Waals surface area contributed by atoms with Gasteiger partial charge in [-0.15, -0.1) is 0 Å². The Labute approximate surface area is 216 Å². The van der Waals surface area contributed by atoms with Crippen LogP contribution in [0.15, 0.2) is 71.6 Å². The third-order valence-corrected chi connectivity index (χ3v) is 6.43. The third-order valence-electron chi connectivity index (χ3n) is 5.25. The van der Waals surface area contributed by atoms with Crippen LogP contribution in [0.2, 0.25) is 5.02 Å². The summed E-state index contributed by atoms with van der Waals surface area (Å²) in [6, 6.07) is 18.9. The van der Waals surface area contributed by atoms with Gasteiger partial charge in [0.15, 0.2) is 11.5 Å². The Morgan fingerprint density at radius 3 is 2.50 bits per heavy atom. The lowest BCUT2D eigenvalue weighted by Gasteiger charge is -2.15. The van der Waals surface area contributed by atoms with Crippen molar-refractivity contribution in [3.05, 3.63) is 103 Å². The van der Waals surface area contributed by atoms with Gasteiger partial charge in [-0.3, -0.25) is 24.6 Å². The lowest BCUT2D eigenvalue weighted by atomic mass is 10.1. The minimum atomic E-state index is -0.540. The van der Waals surface area contributed by atoms with Crippen LogP contribution in [0.5, 0.6) is 11.5 Å². The Bertz CT molecular complexity index is 1350. The highest BCUT2D eigenvalue weighted by Crippen LogP contribution is 2.40. The molecule has 1 aliphatic heterocycles. The first-order valence-corrected chi connectivity index (χ1v) is 12.2. The van der Waals surface area contributed by atoms with Crippen LogP contribution in [0.1, 0.15) is 23.6 Å². The van der Waals surface area contributed by atoms with Crippen molar-refractivity contribution in [2.45, 2.75) is 20.1 Å². The predicted molar refractivity (Wildman–Crippen MR) is 138 cm³/mol. The number of thioether (sulfide) groups is 1. The maximum absolute atomic E-state index is 13.0. The molecule has 0 unspecified atom stereocenters. The van der Waals surface area contributed by atoms with Gasteiger partial charge >= 0.3 is 0 Å². The van der Waals surface area contributed by atoms with E-state index in [0.717, 1.165) is 22.2 Å². The van der Waals surface area contributed by atoms with E-state index < -0.39 is 16.1 Å². The summed E-state index contributed by atoms with van der Waals surface area (Å²) in [5.41, 5.74) is 1.63. The number of hydrogen-bond donors (Lipinski definition) is 0. The highest BCUT2D eigenvalue weighted by atomic mass is 35.5. The second-order valence-electron chi connectivity index (χ2n) is 7.69. The molecule has 0 atom stereocenters. The number of nitro groups is 1.